The van der Waals surface area contributed by atoms with E-state index in [9.17, 15) is 18.1 Å². The molecule has 0 unspecified atom stereocenters. The van der Waals surface area contributed by atoms with Gasteiger partial charge in [-0.1, -0.05) is 48.0 Å². The first-order chi connectivity index (χ1) is 13.9. The summed E-state index contributed by atoms with van der Waals surface area (Å²) in [5.74, 6) is -0.00673. The van der Waals surface area contributed by atoms with Gasteiger partial charge in [-0.15, -0.1) is 0 Å². The van der Waals surface area contributed by atoms with E-state index in [2.05, 4.69) is 0 Å². The van der Waals surface area contributed by atoms with Crippen LogP contribution in [0.25, 0.3) is 6.08 Å². The highest BCUT2D eigenvalue weighted by Gasteiger charge is 2.20. The maximum absolute atomic E-state index is 13.8. The Kier molecular flexibility index (Phi) is 6.32. The van der Waals surface area contributed by atoms with Gasteiger partial charge in [0.2, 0.25) is 9.84 Å². The van der Waals surface area contributed by atoms with E-state index in [1.165, 1.54) is 30.3 Å². The average molecular weight is 428 g/mol. The molecule has 0 heterocycles. The summed E-state index contributed by atoms with van der Waals surface area (Å²) in [5, 5.41) is 9.60. The second-order valence-electron chi connectivity index (χ2n) is 5.99. The van der Waals surface area contributed by atoms with Crippen LogP contribution >= 0.6 is 11.6 Å². The normalized spacial score (nSPS) is 11.7. The zero-order valence-corrected chi connectivity index (χ0v) is 16.6. The number of rotatable bonds is 6. The SMILES string of the molecule is N#CC(=Cc1ccc(OCc2c(F)cccc2Cl)cc1)S(=O)(=O)c1ccccc1. The van der Waals surface area contributed by atoms with Crippen molar-refractivity contribution in [2.24, 2.45) is 0 Å². The number of nitriles is 1. The van der Waals surface area contributed by atoms with Crippen LogP contribution in [0.5, 0.6) is 5.75 Å². The summed E-state index contributed by atoms with van der Waals surface area (Å²) in [6, 6.07) is 20.3. The highest BCUT2D eigenvalue weighted by atomic mass is 35.5. The smallest absolute Gasteiger partial charge is 0.216 e. The van der Waals surface area contributed by atoms with Crippen LogP contribution in [0.15, 0.2) is 82.6 Å². The van der Waals surface area contributed by atoms with Crippen LogP contribution in [0.1, 0.15) is 11.1 Å². The third-order valence-corrected chi connectivity index (χ3v) is 6.11. The number of ether oxygens (including phenoxy) is 1. The molecule has 146 valence electrons. The van der Waals surface area contributed by atoms with Crippen molar-refractivity contribution in [3.63, 3.8) is 0 Å². The van der Waals surface area contributed by atoms with Gasteiger partial charge >= 0.3 is 0 Å². The summed E-state index contributed by atoms with van der Waals surface area (Å²) in [6.45, 7) is -0.0491. The second kappa shape index (κ2) is 8.91. The van der Waals surface area contributed by atoms with E-state index >= 15 is 0 Å². The Morgan fingerprint density at radius 3 is 2.34 bits per heavy atom. The van der Waals surface area contributed by atoms with Crippen LogP contribution in [0.4, 0.5) is 4.39 Å². The van der Waals surface area contributed by atoms with Crippen molar-refractivity contribution in [1.29, 1.82) is 5.26 Å². The molecule has 0 aliphatic carbocycles. The summed E-state index contributed by atoms with van der Waals surface area (Å²) in [7, 11) is -3.90. The van der Waals surface area contributed by atoms with E-state index in [0.29, 0.717) is 11.3 Å². The highest BCUT2D eigenvalue weighted by Crippen LogP contribution is 2.24. The van der Waals surface area contributed by atoms with Gasteiger partial charge < -0.3 is 4.74 Å². The third kappa shape index (κ3) is 4.83. The second-order valence-corrected chi connectivity index (χ2v) is 8.32. The monoisotopic (exact) mass is 427 g/mol. The average Bonchev–Trinajstić information content (AvgIpc) is 2.73. The van der Waals surface area contributed by atoms with Crippen LogP contribution in [-0.4, -0.2) is 8.42 Å². The predicted octanol–water partition coefficient (Wildman–Crippen LogP) is 5.40. The fourth-order valence-corrected chi connectivity index (χ4v) is 3.93. The van der Waals surface area contributed by atoms with E-state index in [0.717, 1.165) is 0 Å². The Hall–Kier alpha value is -3.14. The van der Waals surface area contributed by atoms with Gasteiger partial charge in [-0.2, -0.15) is 5.26 Å². The van der Waals surface area contributed by atoms with E-state index in [4.69, 9.17) is 16.3 Å². The molecule has 0 amide bonds. The van der Waals surface area contributed by atoms with Crippen LogP contribution in [0, 0.1) is 17.1 Å². The summed E-state index contributed by atoms with van der Waals surface area (Å²) < 4.78 is 44.5. The highest BCUT2D eigenvalue weighted by molar-refractivity contribution is 7.95. The summed E-state index contributed by atoms with van der Waals surface area (Å²) in [5.41, 5.74) is 0.760. The van der Waals surface area contributed by atoms with E-state index in [1.807, 2.05) is 0 Å². The number of sulfone groups is 1. The number of hydrogen-bond donors (Lipinski definition) is 0. The van der Waals surface area contributed by atoms with Crippen LogP contribution < -0.4 is 4.74 Å². The van der Waals surface area contributed by atoms with Crippen LogP contribution in [0.3, 0.4) is 0 Å². The van der Waals surface area contributed by atoms with Crippen molar-refractivity contribution in [1.82, 2.24) is 0 Å². The Balaban J connectivity index is 1.78. The lowest BCUT2D eigenvalue weighted by atomic mass is 10.2. The lowest BCUT2D eigenvalue weighted by Gasteiger charge is -2.09. The molecule has 0 bridgehead atoms. The topological polar surface area (TPSA) is 67.2 Å². The number of allylic oxidation sites excluding steroid dienone is 1. The van der Waals surface area contributed by atoms with Gasteiger partial charge in [-0.25, -0.2) is 12.8 Å². The quantitative estimate of drug-likeness (QED) is 0.494. The molecule has 7 heteroatoms. The molecule has 4 nitrogen and oxygen atoms in total. The van der Waals surface area contributed by atoms with Crippen molar-refractivity contribution < 1.29 is 17.5 Å². The first-order valence-electron chi connectivity index (χ1n) is 8.49. The lowest BCUT2D eigenvalue weighted by molar-refractivity contribution is 0.300. The van der Waals surface area contributed by atoms with Crippen molar-refractivity contribution in [2.75, 3.05) is 0 Å². The molecule has 0 atom stereocenters. The van der Waals surface area contributed by atoms with E-state index in [1.54, 1.807) is 54.6 Å². The lowest BCUT2D eigenvalue weighted by Crippen LogP contribution is -2.03. The minimum atomic E-state index is -3.90. The molecule has 0 saturated heterocycles. The standard InChI is InChI=1S/C22H15ClFNO3S/c23-21-7-4-8-22(24)20(21)15-28-17-11-9-16(10-12-17)13-19(14-25)29(26,27)18-5-2-1-3-6-18/h1-13H,15H2. The van der Waals surface area contributed by atoms with Crippen molar-refractivity contribution in [2.45, 2.75) is 11.5 Å². The van der Waals surface area contributed by atoms with E-state index in [-0.39, 0.29) is 27.0 Å². The van der Waals surface area contributed by atoms with Gasteiger partial charge in [0.05, 0.1) is 9.92 Å². The van der Waals surface area contributed by atoms with Crippen molar-refractivity contribution >= 4 is 27.5 Å². The maximum Gasteiger partial charge on any atom is 0.216 e. The molecule has 0 radical (unpaired) electrons. The first kappa shape index (κ1) is 20.6. The molecular formula is C22H15ClFNO3S. The summed E-state index contributed by atoms with van der Waals surface area (Å²) in [6.07, 6.45) is 1.29. The molecule has 3 aromatic carbocycles. The largest absolute Gasteiger partial charge is 0.489 e. The van der Waals surface area contributed by atoms with Gasteiger partial charge in [0.15, 0.2) is 0 Å². The fraction of sp³-hybridized carbons (Fsp3) is 0.0455. The number of benzene rings is 3. The predicted molar refractivity (Wildman–Crippen MR) is 109 cm³/mol. The maximum atomic E-state index is 13.8. The third-order valence-electron chi connectivity index (χ3n) is 4.08. The van der Waals surface area contributed by atoms with Gasteiger partial charge in [-0.3, -0.25) is 0 Å². The van der Waals surface area contributed by atoms with E-state index < -0.39 is 15.7 Å². The number of halogens is 2. The summed E-state index contributed by atoms with van der Waals surface area (Å²) in [4.78, 5) is -0.315. The van der Waals surface area contributed by atoms with Gasteiger partial charge in [0.1, 0.15) is 29.1 Å². The molecule has 0 aliphatic rings. The molecule has 0 fully saturated rings. The molecule has 3 aromatic rings. The molecule has 0 aromatic heterocycles. The van der Waals surface area contributed by atoms with Gasteiger partial charge in [0.25, 0.3) is 0 Å². The number of nitrogens with zero attached hydrogens (tertiary/aromatic N) is 1. The number of hydrogen-bond acceptors (Lipinski definition) is 4. The van der Waals surface area contributed by atoms with Crippen LogP contribution in [-0.2, 0) is 16.4 Å². The van der Waals surface area contributed by atoms with Crippen molar-refractivity contribution in [3.8, 4) is 11.8 Å². The molecule has 3 rings (SSSR count). The Morgan fingerprint density at radius 1 is 1.03 bits per heavy atom. The minimum absolute atomic E-state index is 0.0491. The molecule has 0 spiro atoms. The Labute approximate surface area is 173 Å². The Morgan fingerprint density at radius 2 is 1.72 bits per heavy atom. The summed E-state index contributed by atoms with van der Waals surface area (Å²) >= 11 is 5.97. The minimum Gasteiger partial charge on any atom is -0.489 e. The first-order valence-corrected chi connectivity index (χ1v) is 10.4. The fourth-order valence-electron chi connectivity index (χ4n) is 2.53. The van der Waals surface area contributed by atoms with Crippen molar-refractivity contribution in [3.05, 3.63) is 99.7 Å². The molecular weight excluding hydrogens is 413 g/mol. The van der Waals surface area contributed by atoms with Gasteiger partial charge in [-0.05, 0) is 48.0 Å². The zero-order valence-electron chi connectivity index (χ0n) is 15.0. The molecule has 0 aliphatic heterocycles. The Bertz CT molecular complexity index is 1160. The van der Waals surface area contributed by atoms with Crippen LogP contribution in [0.2, 0.25) is 5.02 Å². The zero-order chi connectivity index (χ0) is 20.9. The molecule has 29 heavy (non-hydrogen) atoms. The molecule has 0 N–H and O–H groups in total. The van der Waals surface area contributed by atoms with Gasteiger partial charge in [0, 0.05) is 5.56 Å². The molecule has 0 saturated carbocycles.